The van der Waals surface area contributed by atoms with Crippen molar-refractivity contribution in [3.05, 3.63) is 115 Å². The van der Waals surface area contributed by atoms with Crippen molar-refractivity contribution in [2.24, 2.45) is 5.73 Å². The van der Waals surface area contributed by atoms with Gasteiger partial charge in [-0.1, -0.05) is 53.5 Å². The molecule has 1 aromatic heterocycles. The van der Waals surface area contributed by atoms with Gasteiger partial charge in [-0.05, 0) is 35.9 Å². The molecule has 9 heteroatoms. The summed E-state index contributed by atoms with van der Waals surface area (Å²) >= 11 is 12.4. The summed E-state index contributed by atoms with van der Waals surface area (Å²) in [7, 11) is 0. The van der Waals surface area contributed by atoms with Crippen LogP contribution in [0.5, 0.6) is 11.5 Å². The van der Waals surface area contributed by atoms with Crippen LogP contribution in [0.1, 0.15) is 27.4 Å². The number of benzene rings is 3. The summed E-state index contributed by atoms with van der Waals surface area (Å²) in [4.78, 5) is 25.0. The zero-order chi connectivity index (χ0) is 24.7. The van der Waals surface area contributed by atoms with Crippen molar-refractivity contribution in [1.82, 2.24) is 0 Å². The SMILES string of the molecule is N#CC1=C(N)Oc2cc(OC(=O)c3cc4ccccc4oc3=O)ccc2C1c1ccc(Cl)cc1Cl. The minimum Gasteiger partial charge on any atom is -0.440 e. The van der Waals surface area contributed by atoms with E-state index in [2.05, 4.69) is 6.07 Å². The number of carbonyl (C=O) groups excluding carboxylic acids is 1. The van der Waals surface area contributed by atoms with Gasteiger partial charge in [-0.3, -0.25) is 0 Å². The third-order valence-corrected chi connectivity index (χ3v) is 6.10. The molecule has 0 saturated carbocycles. The van der Waals surface area contributed by atoms with E-state index in [-0.39, 0.29) is 28.5 Å². The van der Waals surface area contributed by atoms with Crippen molar-refractivity contribution in [1.29, 1.82) is 5.26 Å². The molecule has 172 valence electrons. The standard InChI is InChI=1S/C26H14Cl2N2O5/c27-14-5-7-16(20(28)10-14)23-17-8-6-15(11-22(17)34-24(30)19(23)12-29)33-25(31)18-9-13-3-1-2-4-21(13)35-26(18)32/h1-11,23H,30H2. The number of nitrogens with zero attached hydrogens (tertiary/aromatic N) is 1. The molecule has 0 radical (unpaired) electrons. The lowest BCUT2D eigenvalue weighted by Gasteiger charge is -2.27. The zero-order valence-electron chi connectivity index (χ0n) is 17.7. The number of esters is 1. The number of halogens is 2. The molecule has 1 atom stereocenters. The third kappa shape index (κ3) is 4.10. The van der Waals surface area contributed by atoms with Crippen LogP contribution >= 0.6 is 23.2 Å². The van der Waals surface area contributed by atoms with Crippen LogP contribution < -0.4 is 20.8 Å². The third-order valence-electron chi connectivity index (χ3n) is 5.54. The van der Waals surface area contributed by atoms with Gasteiger partial charge in [0.25, 0.3) is 0 Å². The maximum absolute atomic E-state index is 12.7. The number of para-hydroxylation sites is 1. The summed E-state index contributed by atoms with van der Waals surface area (Å²) in [5, 5.41) is 11.1. The topological polar surface area (TPSA) is 116 Å². The predicted octanol–water partition coefficient (Wildman–Crippen LogP) is 5.54. The maximum atomic E-state index is 12.7. The molecule has 2 heterocycles. The van der Waals surface area contributed by atoms with Gasteiger partial charge in [0.15, 0.2) is 0 Å². The average molecular weight is 505 g/mol. The monoisotopic (exact) mass is 504 g/mol. The molecule has 2 N–H and O–H groups in total. The van der Waals surface area contributed by atoms with E-state index in [9.17, 15) is 14.9 Å². The molecular formula is C26H14Cl2N2O5. The highest BCUT2D eigenvalue weighted by molar-refractivity contribution is 6.35. The number of nitriles is 1. The number of hydrogen-bond donors (Lipinski definition) is 1. The van der Waals surface area contributed by atoms with Gasteiger partial charge in [0.05, 0.1) is 5.92 Å². The van der Waals surface area contributed by atoms with Crippen LogP contribution in [0.15, 0.2) is 87.4 Å². The first-order chi connectivity index (χ1) is 16.9. The fourth-order valence-electron chi connectivity index (χ4n) is 3.92. The number of rotatable bonds is 3. The minimum absolute atomic E-state index is 0.102. The molecule has 0 amide bonds. The van der Waals surface area contributed by atoms with E-state index >= 15 is 0 Å². The average Bonchev–Trinajstić information content (AvgIpc) is 2.83. The van der Waals surface area contributed by atoms with Crippen molar-refractivity contribution in [2.45, 2.75) is 5.92 Å². The number of nitrogens with two attached hydrogens (primary N) is 1. The van der Waals surface area contributed by atoms with E-state index in [0.29, 0.717) is 32.1 Å². The summed E-state index contributed by atoms with van der Waals surface area (Å²) in [6, 6.07) is 19.9. The van der Waals surface area contributed by atoms with Crippen molar-refractivity contribution >= 4 is 40.1 Å². The molecule has 0 aliphatic carbocycles. The largest absolute Gasteiger partial charge is 0.440 e. The zero-order valence-corrected chi connectivity index (χ0v) is 19.3. The van der Waals surface area contributed by atoms with Gasteiger partial charge in [-0.25, -0.2) is 9.59 Å². The Morgan fingerprint density at radius 1 is 1.03 bits per heavy atom. The fourth-order valence-corrected chi connectivity index (χ4v) is 4.44. The van der Waals surface area contributed by atoms with Crippen LogP contribution in [0, 0.1) is 11.3 Å². The quantitative estimate of drug-likeness (QED) is 0.221. The van der Waals surface area contributed by atoms with Crippen molar-refractivity contribution < 1.29 is 18.7 Å². The summed E-state index contributed by atoms with van der Waals surface area (Å²) in [5.41, 5.74) is 6.71. The Labute approximate surface area is 208 Å². The molecular weight excluding hydrogens is 491 g/mol. The molecule has 4 aromatic rings. The lowest BCUT2D eigenvalue weighted by molar-refractivity contribution is 0.0730. The van der Waals surface area contributed by atoms with Gasteiger partial charge >= 0.3 is 11.6 Å². The van der Waals surface area contributed by atoms with Gasteiger partial charge in [-0.15, -0.1) is 0 Å². The van der Waals surface area contributed by atoms with Gasteiger partial charge in [0, 0.05) is 27.1 Å². The number of carbonyl (C=O) groups is 1. The molecule has 0 spiro atoms. The molecule has 0 fully saturated rings. The van der Waals surface area contributed by atoms with Crippen molar-refractivity contribution in [3.63, 3.8) is 0 Å². The van der Waals surface area contributed by atoms with Crippen molar-refractivity contribution in [2.75, 3.05) is 0 Å². The first-order valence-electron chi connectivity index (χ1n) is 10.3. The van der Waals surface area contributed by atoms with E-state index in [1.165, 1.54) is 18.2 Å². The van der Waals surface area contributed by atoms with E-state index in [0.717, 1.165) is 0 Å². The molecule has 35 heavy (non-hydrogen) atoms. The second-order valence-electron chi connectivity index (χ2n) is 7.67. The first-order valence-corrected chi connectivity index (χ1v) is 11.0. The van der Waals surface area contributed by atoms with Crippen LogP contribution in [0.25, 0.3) is 11.0 Å². The summed E-state index contributed by atoms with van der Waals surface area (Å²) in [6.45, 7) is 0. The van der Waals surface area contributed by atoms with Crippen molar-refractivity contribution in [3.8, 4) is 17.6 Å². The highest BCUT2D eigenvalue weighted by Gasteiger charge is 2.32. The summed E-state index contributed by atoms with van der Waals surface area (Å²) < 4.78 is 16.3. The Balaban J connectivity index is 1.51. The van der Waals surface area contributed by atoms with Crippen LogP contribution in [0.3, 0.4) is 0 Å². The van der Waals surface area contributed by atoms with Gasteiger partial charge in [0.2, 0.25) is 5.88 Å². The minimum atomic E-state index is -0.890. The number of hydrogen-bond acceptors (Lipinski definition) is 7. The Bertz CT molecular complexity index is 1650. The molecule has 5 rings (SSSR count). The van der Waals surface area contributed by atoms with Crippen LogP contribution in [-0.4, -0.2) is 5.97 Å². The van der Waals surface area contributed by atoms with E-state index in [1.807, 2.05) is 0 Å². The van der Waals surface area contributed by atoms with Crippen LogP contribution in [0.4, 0.5) is 0 Å². The summed E-state index contributed by atoms with van der Waals surface area (Å²) in [6.07, 6.45) is 0. The summed E-state index contributed by atoms with van der Waals surface area (Å²) in [5.74, 6) is -1.23. The second kappa shape index (κ2) is 8.84. The van der Waals surface area contributed by atoms with E-state index in [1.54, 1.807) is 48.5 Å². The molecule has 3 aromatic carbocycles. The molecule has 1 unspecified atom stereocenters. The Morgan fingerprint density at radius 2 is 1.80 bits per heavy atom. The maximum Gasteiger partial charge on any atom is 0.351 e. The van der Waals surface area contributed by atoms with Gasteiger partial charge in [-0.2, -0.15) is 5.26 Å². The fraction of sp³-hybridized carbons (Fsp3) is 0.0385. The van der Waals surface area contributed by atoms with Crippen LogP contribution in [-0.2, 0) is 0 Å². The predicted molar refractivity (Wildman–Crippen MR) is 130 cm³/mol. The van der Waals surface area contributed by atoms with E-state index in [4.69, 9.17) is 42.8 Å². The van der Waals surface area contributed by atoms with Gasteiger partial charge < -0.3 is 19.6 Å². The molecule has 1 aliphatic rings. The Kier molecular flexibility index (Phi) is 5.69. The highest BCUT2D eigenvalue weighted by atomic mass is 35.5. The molecule has 1 aliphatic heterocycles. The Morgan fingerprint density at radius 3 is 2.57 bits per heavy atom. The highest BCUT2D eigenvalue weighted by Crippen LogP contribution is 2.45. The lowest BCUT2D eigenvalue weighted by atomic mass is 9.83. The smallest absolute Gasteiger partial charge is 0.351 e. The molecule has 0 saturated heterocycles. The lowest BCUT2D eigenvalue weighted by Crippen LogP contribution is -2.22. The molecule has 7 nitrogen and oxygen atoms in total. The van der Waals surface area contributed by atoms with E-state index < -0.39 is 17.5 Å². The first kappa shape index (κ1) is 22.5. The molecule has 0 bridgehead atoms. The number of fused-ring (bicyclic) bond motifs is 2. The number of ether oxygens (including phenoxy) is 2. The van der Waals surface area contributed by atoms with Crippen LogP contribution in [0.2, 0.25) is 10.0 Å². The van der Waals surface area contributed by atoms with Gasteiger partial charge in [0.1, 0.15) is 34.3 Å². The normalized spacial score (nSPS) is 14.7. The number of allylic oxidation sites excluding steroid dienone is 1. The Hall–Kier alpha value is -4.25. The second-order valence-corrected chi connectivity index (χ2v) is 8.51.